The maximum Gasteiger partial charge on any atom is 0.243 e. The molecule has 1 N–H and O–H groups in total. The van der Waals surface area contributed by atoms with Crippen molar-refractivity contribution in [1.82, 2.24) is 10.2 Å². The molecule has 0 aliphatic carbocycles. The van der Waals surface area contributed by atoms with Gasteiger partial charge in [0.15, 0.2) is 0 Å². The van der Waals surface area contributed by atoms with E-state index in [1.54, 1.807) is 11.0 Å². The molecule has 37 heavy (non-hydrogen) atoms. The number of carbonyl (C=O) groups is 2. The van der Waals surface area contributed by atoms with E-state index in [2.05, 4.69) is 5.32 Å². The van der Waals surface area contributed by atoms with Gasteiger partial charge in [0, 0.05) is 30.6 Å². The molecule has 0 heterocycles. The lowest BCUT2D eigenvalue weighted by atomic mass is 10.1. The summed E-state index contributed by atoms with van der Waals surface area (Å²) in [5.74, 6) is -0.425. The summed E-state index contributed by atoms with van der Waals surface area (Å²) in [5, 5.41) is 3.51. The minimum Gasteiger partial charge on any atom is -0.352 e. The number of halogens is 1. The third-order valence-electron chi connectivity index (χ3n) is 6.47. The van der Waals surface area contributed by atoms with Gasteiger partial charge < -0.3 is 10.2 Å². The Balaban J connectivity index is 2.27. The fourth-order valence-corrected chi connectivity index (χ4v) is 5.35. The van der Waals surface area contributed by atoms with Crippen molar-refractivity contribution in [3.63, 3.8) is 0 Å². The summed E-state index contributed by atoms with van der Waals surface area (Å²) in [5.41, 5.74) is 3.16. The smallest absolute Gasteiger partial charge is 0.243 e. The topological polar surface area (TPSA) is 86.8 Å². The second kappa shape index (κ2) is 13.8. The van der Waals surface area contributed by atoms with E-state index in [0.29, 0.717) is 23.6 Å². The molecular formula is C28H40ClN3O4S. The molecular weight excluding hydrogens is 510 g/mol. The summed E-state index contributed by atoms with van der Waals surface area (Å²) in [6, 6.07) is 12.3. The molecule has 204 valence electrons. The first kappa shape index (κ1) is 30.6. The number of aryl methyl sites for hydroxylation is 2. The molecule has 0 saturated carbocycles. The number of anilines is 1. The molecule has 0 fully saturated rings. The number of hydrogen-bond donors (Lipinski definition) is 1. The number of amides is 2. The van der Waals surface area contributed by atoms with Gasteiger partial charge in [-0.05, 0) is 68.9 Å². The van der Waals surface area contributed by atoms with E-state index < -0.39 is 16.1 Å². The number of carbonyl (C=O) groups excluding carboxylic acids is 2. The Kier molecular flexibility index (Phi) is 11.4. The normalized spacial score (nSPS) is 13.1. The zero-order valence-corrected chi connectivity index (χ0v) is 24.3. The average Bonchev–Trinajstić information content (AvgIpc) is 2.83. The molecule has 7 nitrogen and oxygen atoms in total. The van der Waals surface area contributed by atoms with Crippen molar-refractivity contribution in [3.8, 4) is 0 Å². The van der Waals surface area contributed by atoms with Crippen molar-refractivity contribution >= 4 is 39.1 Å². The molecule has 0 spiro atoms. The van der Waals surface area contributed by atoms with Crippen LogP contribution in [0.2, 0.25) is 5.02 Å². The van der Waals surface area contributed by atoms with Gasteiger partial charge in [-0.15, -0.1) is 0 Å². The second-order valence-corrected chi connectivity index (χ2v) is 11.9. The van der Waals surface area contributed by atoms with Crippen LogP contribution in [0.1, 0.15) is 63.1 Å². The highest BCUT2D eigenvalue weighted by Crippen LogP contribution is 2.25. The zero-order valence-electron chi connectivity index (χ0n) is 22.8. The van der Waals surface area contributed by atoms with Crippen molar-refractivity contribution in [2.24, 2.45) is 0 Å². The highest BCUT2D eigenvalue weighted by atomic mass is 35.5. The second-order valence-electron chi connectivity index (χ2n) is 9.58. The van der Waals surface area contributed by atoms with Crippen molar-refractivity contribution < 1.29 is 18.0 Å². The van der Waals surface area contributed by atoms with Crippen LogP contribution in [0.25, 0.3) is 0 Å². The Morgan fingerprint density at radius 1 is 1.05 bits per heavy atom. The predicted molar refractivity (Wildman–Crippen MR) is 151 cm³/mol. The lowest BCUT2D eigenvalue weighted by molar-refractivity contribution is -0.141. The first-order valence-electron chi connectivity index (χ1n) is 12.8. The molecule has 2 aromatic carbocycles. The van der Waals surface area contributed by atoms with Gasteiger partial charge in [0.05, 0.1) is 11.9 Å². The number of sulfonamides is 1. The Hall–Kier alpha value is -2.58. The quantitative estimate of drug-likeness (QED) is 0.371. The first-order valence-corrected chi connectivity index (χ1v) is 15.0. The molecule has 2 aromatic rings. The van der Waals surface area contributed by atoms with Crippen LogP contribution in [-0.4, -0.2) is 50.0 Å². The molecule has 0 saturated heterocycles. The van der Waals surface area contributed by atoms with Crippen LogP contribution >= 0.6 is 11.6 Å². The van der Waals surface area contributed by atoms with Gasteiger partial charge in [-0.1, -0.05) is 55.8 Å². The summed E-state index contributed by atoms with van der Waals surface area (Å²) >= 11 is 6.39. The molecule has 0 aliphatic heterocycles. The van der Waals surface area contributed by atoms with E-state index in [1.807, 2.05) is 71.0 Å². The number of nitrogens with one attached hydrogen (secondary N) is 1. The molecule has 2 atom stereocenters. The van der Waals surface area contributed by atoms with E-state index >= 15 is 0 Å². The monoisotopic (exact) mass is 549 g/mol. The molecule has 0 aliphatic rings. The van der Waals surface area contributed by atoms with Crippen LogP contribution in [0.3, 0.4) is 0 Å². The van der Waals surface area contributed by atoms with Crippen LogP contribution in [-0.2, 0) is 26.2 Å². The van der Waals surface area contributed by atoms with Gasteiger partial charge in [0.2, 0.25) is 21.8 Å². The standard InChI is InChI=1S/C28H40ClN3O4S/c1-7-22(5)30-28(34)25(8-2)31(19-23-12-9-10-13-24(23)29)27(33)14-11-17-32(37(6,35)36)26-18-20(3)15-16-21(26)4/h9-10,12-13,15-16,18,22,25H,7-8,11,14,17,19H2,1-6H3,(H,30,34)/t22-,25-/m0/s1. The molecule has 2 rings (SSSR count). The minimum atomic E-state index is -3.55. The maximum absolute atomic E-state index is 13.5. The van der Waals surface area contributed by atoms with Crippen LogP contribution in [0, 0.1) is 13.8 Å². The third-order valence-corrected chi connectivity index (χ3v) is 8.02. The van der Waals surface area contributed by atoms with E-state index in [1.165, 1.54) is 10.6 Å². The predicted octanol–water partition coefficient (Wildman–Crippen LogP) is 5.23. The van der Waals surface area contributed by atoms with Gasteiger partial charge >= 0.3 is 0 Å². The average molecular weight is 550 g/mol. The number of hydrogen-bond acceptors (Lipinski definition) is 4. The van der Waals surface area contributed by atoms with E-state index in [9.17, 15) is 18.0 Å². The molecule has 2 amide bonds. The lowest BCUT2D eigenvalue weighted by Gasteiger charge is -2.32. The summed E-state index contributed by atoms with van der Waals surface area (Å²) in [7, 11) is -3.55. The number of nitrogens with zero attached hydrogens (tertiary/aromatic N) is 2. The number of rotatable bonds is 13. The Morgan fingerprint density at radius 3 is 2.32 bits per heavy atom. The first-order chi connectivity index (χ1) is 17.4. The fraction of sp³-hybridized carbons (Fsp3) is 0.500. The highest BCUT2D eigenvalue weighted by molar-refractivity contribution is 7.92. The van der Waals surface area contributed by atoms with Gasteiger partial charge in [-0.2, -0.15) is 0 Å². The van der Waals surface area contributed by atoms with Crippen molar-refractivity contribution in [2.75, 3.05) is 17.1 Å². The molecule has 0 bridgehead atoms. The zero-order chi connectivity index (χ0) is 27.8. The maximum atomic E-state index is 13.5. The van der Waals surface area contributed by atoms with E-state index in [4.69, 9.17) is 11.6 Å². The molecule has 9 heteroatoms. The fourth-order valence-electron chi connectivity index (χ4n) is 4.14. The molecule has 0 unspecified atom stereocenters. The Morgan fingerprint density at radius 2 is 1.73 bits per heavy atom. The van der Waals surface area contributed by atoms with Gasteiger partial charge in [-0.25, -0.2) is 8.42 Å². The summed E-state index contributed by atoms with van der Waals surface area (Å²) in [6.07, 6.45) is 2.79. The molecule has 0 aromatic heterocycles. The van der Waals surface area contributed by atoms with Crippen LogP contribution in [0.4, 0.5) is 5.69 Å². The van der Waals surface area contributed by atoms with E-state index in [0.717, 1.165) is 23.1 Å². The van der Waals surface area contributed by atoms with Crippen molar-refractivity contribution in [2.45, 2.75) is 78.9 Å². The summed E-state index contributed by atoms with van der Waals surface area (Å²) in [6.45, 7) is 9.92. The van der Waals surface area contributed by atoms with Crippen molar-refractivity contribution in [3.05, 3.63) is 64.2 Å². The van der Waals surface area contributed by atoms with Crippen LogP contribution in [0.15, 0.2) is 42.5 Å². The largest absolute Gasteiger partial charge is 0.352 e. The van der Waals surface area contributed by atoms with Gasteiger partial charge in [0.1, 0.15) is 6.04 Å². The third kappa shape index (κ3) is 8.75. The van der Waals surface area contributed by atoms with Gasteiger partial charge in [-0.3, -0.25) is 13.9 Å². The van der Waals surface area contributed by atoms with Crippen molar-refractivity contribution in [1.29, 1.82) is 0 Å². The Bertz CT molecular complexity index is 1190. The van der Waals surface area contributed by atoms with E-state index in [-0.39, 0.29) is 37.4 Å². The summed E-state index contributed by atoms with van der Waals surface area (Å²) in [4.78, 5) is 28.2. The van der Waals surface area contributed by atoms with Gasteiger partial charge in [0.25, 0.3) is 0 Å². The lowest BCUT2D eigenvalue weighted by Crippen LogP contribution is -2.50. The summed E-state index contributed by atoms with van der Waals surface area (Å²) < 4.78 is 26.6. The van der Waals surface area contributed by atoms with Crippen LogP contribution < -0.4 is 9.62 Å². The minimum absolute atomic E-state index is 0.0142. The number of benzene rings is 2. The SMILES string of the molecule is CC[C@H](C)NC(=O)[C@H](CC)N(Cc1ccccc1Cl)C(=O)CCCN(c1cc(C)ccc1C)S(C)(=O)=O. The highest BCUT2D eigenvalue weighted by Gasteiger charge is 2.30. The van der Waals surface area contributed by atoms with Crippen LogP contribution in [0.5, 0.6) is 0 Å². The Labute approximate surface area is 227 Å². The molecule has 0 radical (unpaired) electrons.